The number of pyridine rings is 1. The molecule has 1 aliphatic heterocycles. The number of ether oxygens (including phenoxy) is 2. The number of hydrogen-bond acceptors (Lipinski definition) is 4. The molecule has 1 N–H and O–H groups in total. The monoisotopic (exact) mass is 271 g/mol. The van der Waals surface area contributed by atoms with Gasteiger partial charge in [-0.3, -0.25) is 9.78 Å². The van der Waals surface area contributed by atoms with E-state index in [1.165, 1.54) is 13.2 Å². The Kier molecular flexibility index (Phi) is 3.02. The predicted octanol–water partition coefficient (Wildman–Crippen LogP) is 1.76. The second-order valence-electron chi connectivity index (χ2n) is 4.50. The number of carbonyl (C=O) groups is 1. The van der Waals surface area contributed by atoms with Crippen LogP contribution in [0.25, 0.3) is 11.1 Å². The highest BCUT2D eigenvalue weighted by Crippen LogP contribution is 2.33. The van der Waals surface area contributed by atoms with Gasteiger partial charge in [-0.1, -0.05) is 24.3 Å². The molecule has 102 valence electrons. The Bertz CT molecular complexity index is 733. The summed E-state index contributed by atoms with van der Waals surface area (Å²) in [5.74, 6) is -0.261. The molecule has 3 rings (SSSR count). The molecule has 0 bridgehead atoms. The van der Waals surface area contributed by atoms with E-state index in [4.69, 9.17) is 4.74 Å². The molecular weight excluding hydrogens is 258 g/mol. The van der Waals surface area contributed by atoms with E-state index in [-0.39, 0.29) is 5.56 Å². The third-order valence-electron chi connectivity index (χ3n) is 3.34. The summed E-state index contributed by atoms with van der Waals surface area (Å²) in [7, 11) is 1.25. The molecule has 0 spiro atoms. The first kappa shape index (κ1) is 12.5. The van der Waals surface area contributed by atoms with Crippen molar-refractivity contribution in [3.8, 4) is 17.0 Å². The lowest BCUT2D eigenvalue weighted by molar-refractivity contribution is 0.0598. The Morgan fingerprint density at radius 2 is 2.10 bits per heavy atom. The fourth-order valence-corrected chi connectivity index (χ4v) is 2.35. The molecule has 0 fully saturated rings. The summed E-state index contributed by atoms with van der Waals surface area (Å²) in [6, 6.07) is 9.36. The van der Waals surface area contributed by atoms with Gasteiger partial charge in [-0.05, 0) is 17.2 Å². The molecule has 1 aromatic carbocycles. The number of aromatic nitrogens is 1. The SMILES string of the molecule is COC(=O)c1cc2c([nH]c1=O)OCCc1ccccc1-2. The van der Waals surface area contributed by atoms with E-state index >= 15 is 0 Å². The molecule has 0 unspecified atom stereocenters. The summed E-state index contributed by atoms with van der Waals surface area (Å²) >= 11 is 0. The predicted molar refractivity (Wildman–Crippen MR) is 73.0 cm³/mol. The molecule has 2 heterocycles. The van der Waals surface area contributed by atoms with Gasteiger partial charge < -0.3 is 9.47 Å². The molecule has 0 aliphatic carbocycles. The maximum Gasteiger partial charge on any atom is 0.343 e. The Morgan fingerprint density at radius 3 is 2.90 bits per heavy atom. The van der Waals surface area contributed by atoms with Crippen LogP contribution < -0.4 is 10.3 Å². The zero-order chi connectivity index (χ0) is 14.1. The van der Waals surface area contributed by atoms with Crippen molar-refractivity contribution in [3.05, 3.63) is 51.8 Å². The highest BCUT2D eigenvalue weighted by molar-refractivity contribution is 5.91. The van der Waals surface area contributed by atoms with E-state index in [2.05, 4.69) is 9.72 Å². The van der Waals surface area contributed by atoms with Crippen molar-refractivity contribution in [2.24, 2.45) is 0 Å². The van der Waals surface area contributed by atoms with Crippen molar-refractivity contribution in [3.63, 3.8) is 0 Å². The second-order valence-corrected chi connectivity index (χ2v) is 4.50. The van der Waals surface area contributed by atoms with E-state index in [0.29, 0.717) is 18.1 Å². The molecule has 0 radical (unpaired) electrons. The van der Waals surface area contributed by atoms with Gasteiger partial charge >= 0.3 is 5.97 Å². The maximum atomic E-state index is 11.9. The van der Waals surface area contributed by atoms with Crippen molar-refractivity contribution in [2.45, 2.75) is 6.42 Å². The molecule has 1 aromatic heterocycles. The fraction of sp³-hybridized carbons (Fsp3) is 0.200. The molecule has 0 atom stereocenters. The lowest BCUT2D eigenvalue weighted by atomic mass is 9.98. The zero-order valence-corrected chi connectivity index (χ0v) is 10.9. The summed E-state index contributed by atoms with van der Waals surface area (Å²) in [5.41, 5.74) is 2.26. The Balaban J connectivity index is 2.26. The van der Waals surface area contributed by atoms with Gasteiger partial charge in [-0.25, -0.2) is 4.79 Å². The normalized spacial score (nSPS) is 12.7. The summed E-state index contributed by atoms with van der Waals surface area (Å²) in [4.78, 5) is 26.1. The van der Waals surface area contributed by atoms with Crippen LogP contribution in [0.15, 0.2) is 35.1 Å². The van der Waals surface area contributed by atoms with Crippen molar-refractivity contribution in [2.75, 3.05) is 13.7 Å². The molecule has 0 saturated heterocycles. The number of esters is 1. The molecule has 5 heteroatoms. The van der Waals surface area contributed by atoms with E-state index in [1.807, 2.05) is 24.3 Å². The van der Waals surface area contributed by atoms with Gasteiger partial charge in [0, 0.05) is 12.0 Å². The van der Waals surface area contributed by atoms with Crippen LogP contribution in [0.2, 0.25) is 0 Å². The first-order valence-electron chi connectivity index (χ1n) is 6.27. The highest BCUT2D eigenvalue weighted by Gasteiger charge is 2.20. The van der Waals surface area contributed by atoms with Gasteiger partial charge in [-0.15, -0.1) is 0 Å². The summed E-state index contributed by atoms with van der Waals surface area (Å²) in [6.07, 6.45) is 0.750. The Hall–Kier alpha value is -2.56. The van der Waals surface area contributed by atoms with Crippen molar-refractivity contribution in [1.29, 1.82) is 0 Å². The van der Waals surface area contributed by atoms with Crippen LogP contribution in [0.3, 0.4) is 0 Å². The van der Waals surface area contributed by atoms with Crippen LogP contribution >= 0.6 is 0 Å². The molecule has 0 saturated carbocycles. The average Bonchev–Trinajstić information content (AvgIpc) is 2.64. The lowest BCUT2D eigenvalue weighted by Crippen LogP contribution is -2.19. The number of H-pyrrole nitrogens is 1. The van der Waals surface area contributed by atoms with Gasteiger partial charge in [-0.2, -0.15) is 0 Å². The third-order valence-corrected chi connectivity index (χ3v) is 3.34. The van der Waals surface area contributed by atoms with Crippen LogP contribution in [-0.4, -0.2) is 24.7 Å². The summed E-state index contributed by atoms with van der Waals surface area (Å²) in [5, 5.41) is 0. The van der Waals surface area contributed by atoms with Gasteiger partial charge in [0.15, 0.2) is 0 Å². The van der Waals surface area contributed by atoms with Crippen LogP contribution in [0.1, 0.15) is 15.9 Å². The van der Waals surface area contributed by atoms with Crippen LogP contribution in [0.4, 0.5) is 0 Å². The zero-order valence-electron chi connectivity index (χ0n) is 10.9. The number of methoxy groups -OCH3 is 1. The van der Waals surface area contributed by atoms with Gasteiger partial charge in [0.2, 0.25) is 5.88 Å². The first-order valence-corrected chi connectivity index (χ1v) is 6.27. The average molecular weight is 271 g/mol. The van der Waals surface area contributed by atoms with Crippen LogP contribution in [-0.2, 0) is 11.2 Å². The van der Waals surface area contributed by atoms with E-state index in [0.717, 1.165) is 17.5 Å². The number of fused-ring (bicyclic) bond motifs is 3. The van der Waals surface area contributed by atoms with Crippen molar-refractivity contribution >= 4 is 5.97 Å². The lowest BCUT2D eigenvalue weighted by Gasteiger charge is -2.09. The number of aromatic amines is 1. The number of carbonyl (C=O) groups excluding carboxylic acids is 1. The second kappa shape index (κ2) is 4.85. The van der Waals surface area contributed by atoms with Crippen molar-refractivity contribution in [1.82, 2.24) is 4.98 Å². The summed E-state index contributed by atoms with van der Waals surface area (Å²) in [6.45, 7) is 0.484. The van der Waals surface area contributed by atoms with Crippen LogP contribution in [0, 0.1) is 0 Å². The molecule has 1 aliphatic rings. The van der Waals surface area contributed by atoms with E-state index in [1.54, 1.807) is 0 Å². The number of rotatable bonds is 1. The Morgan fingerprint density at radius 1 is 1.30 bits per heavy atom. The summed E-state index contributed by atoms with van der Waals surface area (Å²) < 4.78 is 10.2. The minimum Gasteiger partial charge on any atom is -0.478 e. The standard InChI is InChI=1S/C15H13NO4/c1-19-15(18)12-8-11-10-5-3-2-4-9(10)6-7-20-14(11)16-13(12)17/h2-5,8H,6-7H2,1H3,(H,16,17). The smallest absolute Gasteiger partial charge is 0.343 e. The minimum atomic E-state index is -0.657. The van der Waals surface area contributed by atoms with E-state index < -0.39 is 11.5 Å². The van der Waals surface area contributed by atoms with Crippen LogP contribution in [0.5, 0.6) is 5.88 Å². The maximum absolute atomic E-state index is 11.9. The quantitative estimate of drug-likeness (QED) is 0.802. The molecular formula is C15H13NO4. The molecule has 2 aromatic rings. The van der Waals surface area contributed by atoms with Gasteiger partial charge in [0.05, 0.1) is 13.7 Å². The van der Waals surface area contributed by atoms with E-state index in [9.17, 15) is 9.59 Å². The van der Waals surface area contributed by atoms with Crippen molar-refractivity contribution < 1.29 is 14.3 Å². The fourth-order valence-electron chi connectivity index (χ4n) is 2.35. The highest BCUT2D eigenvalue weighted by atomic mass is 16.5. The molecule has 0 amide bonds. The first-order chi connectivity index (χ1) is 9.70. The van der Waals surface area contributed by atoms with Gasteiger partial charge in [0.1, 0.15) is 5.56 Å². The Labute approximate surface area is 115 Å². The largest absolute Gasteiger partial charge is 0.478 e. The molecule has 20 heavy (non-hydrogen) atoms. The topological polar surface area (TPSA) is 68.4 Å². The van der Waals surface area contributed by atoms with Gasteiger partial charge in [0.25, 0.3) is 5.56 Å². The number of nitrogens with one attached hydrogen (secondary N) is 1. The third kappa shape index (κ3) is 1.97. The molecule has 5 nitrogen and oxygen atoms in total. The number of hydrogen-bond donors (Lipinski definition) is 1. The minimum absolute atomic E-state index is 0.0217. The number of benzene rings is 1.